The molecule has 0 aliphatic heterocycles. The third-order valence-corrected chi connectivity index (χ3v) is 2.43. The van der Waals surface area contributed by atoms with Crippen molar-refractivity contribution in [2.75, 3.05) is 0 Å². The molecule has 13 heavy (non-hydrogen) atoms. The number of aryl methyl sites for hydroxylation is 2. The third kappa shape index (κ3) is 1.39. The van der Waals surface area contributed by atoms with E-state index in [-0.39, 0.29) is 0 Å². The number of rotatable bonds is 2. The summed E-state index contributed by atoms with van der Waals surface area (Å²) in [4.78, 5) is 4.43. The maximum atomic E-state index is 4.45. The zero-order chi connectivity index (χ0) is 9.26. The molecule has 3 nitrogen and oxygen atoms in total. The van der Waals surface area contributed by atoms with Gasteiger partial charge in [0.1, 0.15) is 0 Å². The molecule has 1 aliphatic rings. The van der Waals surface area contributed by atoms with Crippen molar-refractivity contribution in [3.63, 3.8) is 0 Å². The Morgan fingerprint density at radius 3 is 3.15 bits per heavy atom. The Morgan fingerprint density at radius 1 is 1.54 bits per heavy atom. The van der Waals surface area contributed by atoms with E-state index in [1.165, 1.54) is 17.7 Å². The third-order valence-electron chi connectivity index (χ3n) is 2.43. The van der Waals surface area contributed by atoms with Crippen LogP contribution in [-0.2, 0) is 19.9 Å². The molecular formula is C10H15N3. The van der Waals surface area contributed by atoms with Gasteiger partial charge in [0.15, 0.2) is 5.82 Å². The predicted molar refractivity (Wildman–Crippen MR) is 53.7 cm³/mol. The molecule has 0 saturated carbocycles. The summed E-state index contributed by atoms with van der Waals surface area (Å²) >= 11 is 0. The Hall–Kier alpha value is -1.12. The lowest BCUT2D eigenvalue weighted by molar-refractivity contribution is 0.731. The Balaban J connectivity index is 2.38. The first-order valence-electron chi connectivity index (χ1n) is 4.90. The maximum absolute atomic E-state index is 4.45. The lowest BCUT2D eigenvalue weighted by Crippen LogP contribution is -1.92. The summed E-state index contributed by atoms with van der Waals surface area (Å²) in [5.74, 6) is 1.06. The Bertz CT molecular complexity index is 336. The smallest absolute Gasteiger partial charge is 0.153 e. The molecule has 1 heterocycles. The second-order valence-electron chi connectivity index (χ2n) is 3.45. The van der Waals surface area contributed by atoms with Crippen molar-refractivity contribution >= 4 is 12.0 Å². The summed E-state index contributed by atoms with van der Waals surface area (Å²) in [5.41, 5.74) is 2.62. The van der Waals surface area contributed by atoms with E-state index in [0.29, 0.717) is 0 Å². The van der Waals surface area contributed by atoms with Crippen LogP contribution in [0.5, 0.6) is 0 Å². The van der Waals surface area contributed by atoms with Gasteiger partial charge in [0.25, 0.3) is 0 Å². The van der Waals surface area contributed by atoms with Gasteiger partial charge in [-0.2, -0.15) is 5.10 Å². The van der Waals surface area contributed by atoms with Crippen LogP contribution in [0.15, 0.2) is 4.99 Å². The molecule has 0 saturated heterocycles. The van der Waals surface area contributed by atoms with Crippen LogP contribution < -0.4 is 0 Å². The zero-order valence-electron chi connectivity index (χ0n) is 8.25. The normalized spacial score (nSPS) is 15.5. The number of hydrogen-bond acceptors (Lipinski definition) is 2. The highest BCUT2D eigenvalue weighted by Crippen LogP contribution is 2.29. The van der Waals surface area contributed by atoms with Gasteiger partial charge in [0.2, 0.25) is 0 Å². The molecule has 3 heteroatoms. The minimum Gasteiger partial charge on any atom is -0.250 e. The van der Waals surface area contributed by atoms with E-state index in [9.17, 15) is 0 Å². The van der Waals surface area contributed by atoms with Crippen LogP contribution in [-0.4, -0.2) is 16.0 Å². The van der Waals surface area contributed by atoms with Gasteiger partial charge in [0, 0.05) is 18.8 Å². The number of nitrogens with zero attached hydrogens (tertiary/aromatic N) is 3. The summed E-state index contributed by atoms with van der Waals surface area (Å²) in [6.07, 6.45) is 6.47. The zero-order valence-corrected chi connectivity index (χ0v) is 8.25. The van der Waals surface area contributed by atoms with E-state index >= 15 is 0 Å². The van der Waals surface area contributed by atoms with Crippen molar-refractivity contribution in [3.05, 3.63) is 11.3 Å². The van der Waals surface area contributed by atoms with E-state index in [1.807, 2.05) is 17.9 Å². The first-order valence-corrected chi connectivity index (χ1v) is 4.90. The van der Waals surface area contributed by atoms with Crippen molar-refractivity contribution in [1.82, 2.24) is 9.78 Å². The van der Waals surface area contributed by atoms with E-state index in [4.69, 9.17) is 0 Å². The van der Waals surface area contributed by atoms with Crippen LogP contribution in [0.25, 0.3) is 0 Å². The largest absolute Gasteiger partial charge is 0.250 e. The summed E-state index contributed by atoms with van der Waals surface area (Å²) in [6, 6.07) is 0. The standard InChI is InChI=1S/C10H15N3/c1-3-7-11-10-8-5-4-6-9(8)12-13(10)2/h7H,3-6H2,1-2H3/b11-7+. The van der Waals surface area contributed by atoms with Crippen LogP contribution in [0.1, 0.15) is 31.0 Å². The summed E-state index contributed by atoms with van der Waals surface area (Å²) < 4.78 is 1.90. The van der Waals surface area contributed by atoms with Crippen LogP contribution in [0.2, 0.25) is 0 Å². The van der Waals surface area contributed by atoms with Crippen molar-refractivity contribution in [2.24, 2.45) is 12.0 Å². The fraction of sp³-hybridized carbons (Fsp3) is 0.600. The topological polar surface area (TPSA) is 30.2 Å². The van der Waals surface area contributed by atoms with Gasteiger partial charge in [-0.1, -0.05) is 6.92 Å². The molecule has 1 aromatic heterocycles. The Morgan fingerprint density at radius 2 is 2.38 bits per heavy atom. The monoisotopic (exact) mass is 177 g/mol. The van der Waals surface area contributed by atoms with Crippen LogP contribution >= 0.6 is 0 Å². The molecule has 0 aromatic carbocycles. The van der Waals surface area contributed by atoms with Crippen molar-refractivity contribution < 1.29 is 0 Å². The Labute approximate surface area is 78.5 Å². The second kappa shape index (κ2) is 3.32. The number of aliphatic imine (C=N–C) groups is 1. The second-order valence-corrected chi connectivity index (χ2v) is 3.45. The van der Waals surface area contributed by atoms with Gasteiger partial charge in [-0.15, -0.1) is 0 Å². The molecule has 0 unspecified atom stereocenters. The van der Waals surface area contributed by atoms with E-state index in [1.54, 1.807) is 0 Å². The lowest BCUT2D eigenvalue weighted by Gasteiger charge is -1.96. The highest BCUT2D eigenvalue weighted by Gasteiger charge is 2.19. The highest BCUT2D eigenvalue weighted by molar-refractivity contribution is 5.63. The van der Waals surface area contributed by atoms with Crippen molar-refractivity contribution in [1.29, 1.82) is 0 Å². The summed E-state index contributed by atoms with van der Waals surface area (Å²) in [7, 11) is 1.97. The number of fused-ring (bicyclic) bond motifs is 1. The molecule has 1 aliphatic carbocycles. The maximum Gasteiger partial charge on any atom is 0.153 e. The van der Waals surface area contributed by atoms with Gasteiger partial charge >= 0.3 is 0 Å². The van der Waals surface area contributed by atoms with Gasteiger partial charge in [-0.25, -0.2) is 4.99 Å². The molecule has 0 radical (unpaired) electrons. The fourth-order valence-corrected chi connectivity index (χ4v) is 1.84. The van der Waals surface area contributed by atoms with Gasteiger partial charge < -0.3 is 0 Å². The number of hydrogen-bond donors (Lipinski definition) is 0. The van der Waals surface area contributed by atoms with Crippen LogP contribution in [0, 0.1) is 0 Å². The highest BCUT2D eigenvalue weighted by atomic mass is 15.3. The first kappa shape index (κ1) is 8.48. The lowest BCUT2D eigenvalue weighted by atomic mass is 10.2. The molecule has 1 aromatic rings. The SMILES string of the molecule is CC/C=N/c1c2c(nn1C)CCC2. The molecule has 0 spiro atoms. The van der Waals surface area contributed by atoms with Crippen LogP contribution in [0.3, 0.4) is 0 Å². The quantitative estimate of drug-likeness (QED) is 0.636. The van der Waals surface area contributed by atoms with Crippen LogP contribution in [0.4, 0.5) is 5.82 Å². The molecule has 0 amide bonds. The molecule has 0 atom stereocenters. The first-order chi connectivity index (χ1) is 6.33. The predicted octanol–water partition coefficient (Wildman–Crippen LogP) is 2.02. The van der Waals surface area contributed by atoms with Gasteiger partial charge in [-0.3, -0.25) is 4.68 Å². The molecule has 0 bridgehead atoms. The fourth-order valence-electron chi connectivity index (χ4n) is 1.84. The minimum absolute atomic E-state index is 0.986. The van der Waals surface area contributed by atoms with Crippen molar-refractivity contribution in [2.45, 2.75) is 32.6 Å². The minimum atomic E-state index is 0.986. The Kier molecular flexibility index (Phi) is 2.17. The van der Waals surface area contributed by atoms with Gasteiger partial charge in [-0.05, 0) is 25.7 Å². The number of aromatic nitrogens is 2. The van der Waals surface area contributed by atoms with E-state index in [0.717, 1.165) is 25.1 Å². The van der Waals surface area contributed by atoms with E-state index < -0.39 is 0 Å². The molecular weight excluding hydrogens is 162 g/mol. The van der Waals surface area contributed by atoms with Crippen molar-refractivity contribution in [3.8, 4) is 0 Å². The molecule has 0 N–H and O–H groups in total. The average molecular weight is 177 g/mol. The van der Waals surface area contributed by atoms with Gasteiger partial charge in [0.05, 0.1) is 5.69 Å². The van der Waals surface area contributed by atoms with E-state index in [2.05, 4.69) is 17.0 Å². The molecule has 2 rings (SSSR count). The molecule has 0 fully saturated rings. The molecule has 70 valence electrons. The average Bonchev–Trinajstić information content (AvgIpc) is 2.62. The summed E-state index contributed by atoms with van der Waals surface area (Å²) in [6.45, 7) is 2.10. The summed E-state index contributed by atoms with van der Waals surface area (Å²) in [5, 5.41) is 4.45.